The minimum Gasteiger partial charge on any atom is -0.491 e. The minimum atomic E-state index is -0.495. The Hall–Kier alpha value is -0.850. The summed E-state index contributed by atoms with van der Waals surface area (Å²) in [6.45, 7) is 7.17. The number of ether oxygens (including phenoxy) is 2. The fourth-order valence-electron chi connectivity index (χ4n) is 4.01. The molecule has 4 atom stereocenters. The van der Waals surface area contributed by atoms with Gasteiger partial charge < -0.3 is 25.2 Å². The Kier molecular flexibility index (Phi) is 8.64. The average Bonchev–Trinajstić information content (AvgIpc) is 3.09. The molecule has 4 unspecified atom stereocenters. The topological polar surface area (TPSA) is 62.8 Å². The van der Waals surface area contributed by atoms with Crippen LogP contribution in [0.5, 0.6) is 5.75 Å². The molecule has 1 saturated heterocycles. The summed E-state index contributed by atoms with van der Waals surface area (Å²) in [7, 11) is 0. The van der Waals surface area contributed by atoms with Gasteiger partial charge in [0.05, 0.1) is 25.4 Å². The molecule has 1 aliphatic carbocycles. The molecule has 0 bridgehead atoms. The van der Waals surface area contributed by atoms with E-state index in [9.17, 15) is 5.11 Å². The lowest BCUT2D eigenvalue weighted by Crippen LogP contribution is -2.51. The first kappa shape index (κ1) is 21.5. The van der Waals surface area contributed by atoms with Gasteiger partial charge in [0, 0.05) is 25.2 Å². The molecule has 0 spiro atoms. The van der Waals surface area contributed by atoms with Gasteiger partial charge in [0.15, 0.2) is 0 Å². The van der Waals surface area contributed by atoms with Gasteiger partial charge in [0.2, 0.25) is 0 Å². The number of aliphatic hydroxyl groups is 1. The highest BCUT2D eigenvalue weighted by Crippen LogP contribution is 2.30. The van der Waals surface area contributed by atoms with Crippen molar-refractivity contribution < 1.29 is 14.6 Å². The van der Waals surface area contributed by atoms with Crippen molar-refractivity contribution in [3.05, 3.63) is 29.8 Å². The van der Waals surface area contributed by atoms with Gasteiger partial charge in [-0.3, -0.25) is 0 Å². The second-order valence-corrected chi connectivity index (χ2v) is 7.50. The zero-order valence-electron chi connectivity index (χ0n) is 15.8. The summed E-state index contributed by atoms with van der Waals surface area (Å²) in [5.74, 6) is 1.44. The summed E-state index contributed by atoms with van der Waals surface area (Å²) < 4.78 is 11.3. The minimum absolute atomic E-state index is 0. The Bertz CT molecular complexity index is 520. The molecule has 1 aromatic rings. The van der Waals surface area contributed by atoms with E-state index in [1.54, 1.807) is 0 Å². The second kappa shape index (κ2) is 10.5. The number of hydrogen-bond donors (Lipinski definition) is 3. The van der Waals surface area contributed by atoms with E-state index in [1.807, 2.05) is 38.1 Å². The van der Waals surface area contributed by atoms with Crippen LogP contribution < -0.4 is 15.4 Å². The van der Waals surface area contributed by atoms with E-state index in [0.29, 0.717) is 24.5 Å². The highest BCUT2D eigenvalue weighted by molar-refractivity contribution is 5.85. The predicted molar refractivity (Wildman–Crippen MR) is 106 cm³/mol. The molecule has 3 N–H and O–H groups in total. The predicted octanol–water partition coefficient (Wildman–Crippen LogP) is 2.68. The Balaban J connectivity index is 0.00000243. The van der Waals surface area contributed by atoms with Crippen molar-refractivity contribution in [2.45, 2.75) is 57.4 Å². The quantitative estimate of drug-likeness (QED) is 0.674. The van der Waals surface area contributed by atoms with Crippen LogP contribution in [-0.2, 0) is 4.74 Å². The first-order chi connectivity index (χ1) is 12.1. The summed E-state index contributed by atoms with van der Waals surface area (Å²) in [6, 6.07) is 8.66. The Morgan fingerprint density at radius 2 is 2.04 bits per heavy atom. The lowest BCUT2D eigenvalue weighted by Gasteiger charge is -2.33. The molecule has 0 radical (unpaired) electrons. The van der Waals surface area contributed by atoms with Gasteiger partial charge in [-0.25, -0.2) is 0 Å². The lowest BCUT2D eigenvalue weighted by atomic mass is 9.93. The smallest absolute Gasteiger partial charge is 0.119 e. The summed E-state index contributed by atoms with van der Waals surface area (Å²) in [5.41, 5.74) is 0.928. The number of halogens is 1. The van der Waals surface area contributed by atoms with Crippen LogP contribution in [0.1, 0.15) is 44.8 Å². The maximum Gasteiger partial charge on any atom is 0.119 e. The number of benzene rings is 1. The van der Waals surface area contributed by atoms with E-state index >= 15 is 0 Å². The zero-order chi connectivity index (χ0) is 17.6. The van der Waals surface area contributed by atoms with E-state index in [1.165, 1.54) is 19.3 Å². The van der Waals surface area contributed by atoms with Crippen LogP contribution in [0.4, 0.5) is 0 Å². The van der Waals surface area contributed by atoms with Gasteiger partial charge in [-0.15, -0.1) is 12.4 Å². The average molecular weight is 385 g/mol. The SMILES string of the molecule is CC(C)Oc1ccc(C(O)CNC2CCCC2C2COCCN2)cc1.Cl. The largest absolute Gasteiger partial charge is 0.491 e. The number of aliphatic hydroxyl groups excluding tert-OH is 1. The van der Waals surface area contributed by atoms with E-state index in [2.05, 4.69) is 10.6 Å². The monoisotopic (exact) mass is 384 g/mol. The molecule has 6 heteroatoms. The van der Waals surface area contributed by atoms with Crippen molar-refractivity contribution in [3.63, 3.8) is 0 Å². The Labute approximate surface area is 163 Å². The zero-order valence-corrected chi connectivity index (χ0v) is 16.6. The van der Waals surface area contributed by atoms with Gasteiger partial charge in [0.1, 0.15) is 5.75 Å². The molecular weight excluding hydrogens is 352 g/mol. The first-order valence-corrected chi connectivity index (χ1v) is 9.62. The molecule has 26 heavy (non-hydrogen) atoms. The van der Waals surface area contributed by atoms with E-state index in [-0.39, 0.29) is 18.5 Å². The van der Waals surface area contributed by atoms with Crippen molar-refractivity contribution in [2.24, 2.45) is 5.92 Å². The fourth-order valence-corrected chi connectivity index (χ4v) is 4.01. The number of hydrogen-bond acceptors (Lipinski definition) is 5. The van der Waals surface area contributed by atoms with Gasteiger partial charge in [0.25, 0.3) is 0 Å². The van der Waals surface area contributed by atoms with Gasteiger partial charge in [-0.1, -0.05) is 18.6 Å². The van der Waals surface area contributed by atoms with Crippen LogP contribution in [0.25, 0.3) is 0 Å². The Morgan fingerprint density at radius 3 is 2.69 bits per heavy atom. The molecule has 0 amide bonds. The molecule has 1 aliphatic heterocycles. The van der Waals surface area contributed by atoms with Crippen LogP contribution in [0.2, 0.25) is 0 Å². The van der Waals surface area contributed by atoms with Crippen molar-refractivity contribution >= 4 is 12.4 Å². The van der Waals surface area contributed by atoms with Gasteiger partial charge in [-0.2, -0.15) is 0 Å². The first-order valence-electron chi connectivity index (χ1n) is 9.62. The summed E-state index contributed by atoms with van der Waals surface area (Å²) in [6.07, 6.45) is 3.32. The molecule has 1 heterocycles. The maximum absolute atomic E-state index is 10.5. The van der Waals surface area contributed by atoms with Crippen LogP contribution in [-0.4, -0.2) is 49.6 Å². The van der Waals surface area contributed by atoms with Gasteiger partial charge in [-0.05, 0) is 50.3 Å². The normalized spacial score (nSPS) is 27.2. The number of rotatable bonds is 7. The van der Waals surface area contributed by atoms with Crippen molar-refractivity contribution in [1.29, 1.82) is 0 Å². The van der Waals surface area contributed by atoms with E-state index in [4.69, 9.17) is 9.47 Å². The highest BCUT2D eigenvalue weighted by atomic mass is 35.5. The molecule has 5 nitrogen and oxygen atoms in total. The molecule has 2 fully saturated rings. The summed E-state index contributed by atoms with van der Waals surface area (Å²) in [4.78, 5) is 0. The third kappa shape index (κ3) is 5.83. The van der Waals surface area contributed by atoms with Crippen LogP contribution in [0.15, 0.2) is 24.3 Å². The second-order valence-electron chi connectivity index (χ2n) is 7.50. The molecule has 0 aromatic heterocycles. The maximum atomic E-state index is 10.5. The lowest BCUT2D eigenvalue weighted by molar-refractivity contribution is 0.0513. The van der Waals surface area contributed by atoms with Crippen LogP contribution >= 0.6 is 12.4 Å². The van der Waals surface area contributed by atoms with E-state index < -0.39 is 6.10 Å². The van der Waals surface area contributed by atoms with Crippen LogP contribution in [0, 0.1) is 5.92 Å². The van der Waals surface area contributed by atoms with Crippen molar-refractivity contribution in [3.8, 4) is 5.75 Å². The molecule has 148 valence electrons. The number of nitrogens with one attached hydrogen (secondary N) is 2. The summed E-state index contributed by atoms with van der Waals surface area (Å²) >= 11 is 0. The molecular formula is C20H33ClN2O3. The highest BCUT2D eigenvalue weighted by Gasteiger charge is 2.34. The van der Waals surface area contributed by atoms with Crippen LogP contribution in [0.3, 0.4) is 0 Å². The summed E-state index contributed by atoms with van der Waals surface area (Å²) in [5, 5.41) is 17.7. The standard InChI is InChI=1S/C20H32N2O3.ClH/c1-14(2)25-16-8-6-15(7-9-16)20(23)12-22-18-5-3-4-17(18)19-13-24-11-10-21-19;/h6-9,14,17-23H,3-5,10-13H2,1-2H3;1H. The third-order valence-electron chi connectivity index (χ3n) is 5.25. The van der Waals surface area contributed by atoms with E-state index in [0.717, 1.165) is 31.1 Å². The molecule has 2 aliphatic rings. The van der Waals surface area contributed by atoms with Crippen molar-refractivity contribution in [1.82, 2.24) is 10.6 Å². The molecule has 1 saturated carbocycles. The Morgan fingerprint density at radius 1 is 1.27 bits per heavy atom. The van der Waals surface area contributed by atoms with Gasteiger partial charge >= 0.3 is 0 Å². The number of morpholine rings is 1. The molecule has 3 rings (SSSR count). The van der Waals surface area contributed by atoms with Crippen molar-refractivity contribution in [2.75, 3.05) is 26.3 Å². The molecule has 1 aromatic carbocycles. The third-order valence-corrected chi connectivity index (χ3v) is 5.25. The fraction of sp³-hybridized carbons (Fsp3) is 0.700.